The van der Waals surface area contributed by atoms with Crippen molar-refractivity contribution in [2.45, 2.75) is 19.4 Å². The highest BCUT2D eigenvalue weighted by Crippen LogP contribution is 2.32. The van der Waals surface area contributed by atoms with Gasteiger partial charge >= 0.3 is 0 Å². The summed E-state index contributed by atoms with van der Waals surface area (Å²) in [5, 5.41) is 8.16. The number of carbonyl (C=O) groups is 3. The maximum absolute atomic E-state index is 12.0. The zero-order valence-electron chi connectivity index (χ0n) is 14.2. The molecule has 134 valence electrons. The molecule has 0 saturated carbocycles. The van der Waals surface area contributed by atoms with Gasteiger partial charge in [-0.2, -0.15) is 0 Å². The molecule has 1 aliphatic rings. The molecule has 7 heteroatoms. The Morgan fingerprint density at radius 2 is 1.92 bits per heavy atom. The molecule has 0 fully saturated rings. The topological polar surface area (TPSA) is 96.5 Å². The first kappa shape index (κ1) is 17.5. The smallest absolute Gasteiger partial charge is 0.265 e. The van der Waals surface area contributed by atoms with Crippen molar-refractivity contribution < 1.29 is 19.1 Å². The van der Waals surface area contributed by atoms with Crippen molar-refractivity contribution in [1.82, 2.24) is 5.32 Å². The molecule has 2 aromatic carbocycles. The molecule has 0 saturated heterocycles. The fourth-order valence-corrected chi connectivity index (χ4v) is 2.49. The van der Waals surface area contributed by atoms with Crippen molar-refractivity contribution in [3.63, 3.8) is 0 Å². The molecule has 0 bridgehead atoms. The van der Waals surface area contributed by atoms with Crippen molar-refractivity contribution in [1.29, 1.82) is 0 Å². The number of amides is 3. The van der Waals surface area contributed by atoms with Crippen LogP contribution in [-0.2, 0) is 9.59 Å². The van der Waals surface area contributed by atoms with Crippen LogP contribution in [0.5, 0.6) is 5.75 Å². The summed E-state index contributed by atoms with van der Waals surface area (Å²) in [6.07, 6.45) is -0.411. The highest BCUT2D eigenvalue weighted by Gasteiger charge is 2.23. The van der Waals surface area contributed by atoms with Crippen LogP contribution in [-0.4, -0.2) is 30.4 Å². The molecule has 26 heavy (non-hydrogen) atoms. The van der Waals surface area contributed by atoms with Crippen LogP contribution in [0, 0.1) is 0 Å². The van der Waals surface area contributed by atoms with Crippen LogP contribution >= 0.6 is 0 Å². The van der Waals surface area contributed by atoms with E-state index in [0.29, 0.717) is 22.7 Å². The minimum absolute atomic E-state index is 0.134. The van der Waals surface area contributed by atoms with E-state index in [1.54, 1.807) is 49.4 Å². The third-order valence-electron chi connectivity index (χ3n) is 3.87. The summed E-state index contributed by atoms with van der Waals surface area (Å²) in [5.74, 6) is -0.134. The molecule has 1 atom stereocenters. The molecule has 1 unspecified atom stereocenters. The fraction of sp³-hybridized carbons (Fsp3) is 0.211. The van der Waals surface area contributed by atoms with Crippen molar-refractivity contribution >= 4 is 29.1 Å². The van der Waals surface area contributed by atoms with Crippen LogP contribution in [0.25, 0.3) is 0 Å². The number of benzene rings is 2. The first-order valence-electron chi connectivity index (χ1n) is 8.27. The molecule has 0 aromatic heterocycles. The van der Waals surface area contributed by atoms with Crippen molar-refractivity contribution in [3.8, 4) is 5.75 Å². The van der Waals surface area contributed by atoms with Gasteiger partial charge in [-0.3, -0.25) is 14.4 Å². The molecule has 2 aromatic rings. The van der Waals surface area contributed by atoms with Crippen LogP contribution in [0.3, 0.4) is 0 Å². The molecule has 1 heterocycles. The maximum atomic E-state index is 12.0. The maximum Gasteiger partial charge on any atom is 0.265 e. The predicted molar refractivity (Wildman–Crippen MR) is 97.2 cm³/mol. The van der Waals surface area contributed by atoms with E-state index in [1.165, 1.54) is 0 Å². The van der Waals surface area contributed by atoms with Gasteiger partial charge in [-0.15, -0.1) is 0 Å². The van der Waals surface area contributed by atoms with E-state index < -0.39 is 6.10 Å². The van der Waals surface area contributed by atoms with Gasteiger partial charge in [0.2, 0.25) is 5.91 Å². The summed E-state index contributed by atoms with van der Waals surface area (Å²) in [7, 11) is 0. The van der Waals surface area contributed by atoms with Crippen molar-refractivity contribution in [3.05, 3.63) is 54.1 Å². The molecule has 7 nitrogen and oxygen atoms in total. The zero-order valence-corrected chi connectivity index (χ0v) is 14.2. The normalized spacial score (nSPS) is 15.3. The van der Waals surface area contributed by atoms with E-state index >= 15 is 0 Å². The van der Waals surface area contributed by atoms with Crippen LogP contribution < -0.4 is 20.7 Å². The minimum Gasteiger partial charge on any atom is -0.479 e. The van der Waals surface area contributed by atoms with E-state index in [1.807, 2.05) is 6.07 Å². The van der Waals surface area contributed by atoms with Gasteiger partial charge in [0, 0.05) is 24.2 Å². The van der Waals surface area contributed by atoms with Gasteiger partial charge in [0.25, 0.3) is 11.8 Å². The molecular weight excluding hydrogens is 334 g/mol. The summed E-state index contributed by atoms with van der Waals surface area (Å²) in [6, 6.07) is 13.8. The molecule has 0 spiro atoms. The number of carbonyl (C=O) groups excluding carboxylic acids is 3. The lowest BCUT2D eigenvalue weighted by molar-refractivity contribution is -0.122. The Morgan fingerprint density at radius 1 is 1.15 bits per heavy atom. The molecule has 3 amide bonds. The molecule has 1 aliphatic heterocycles. The number of hydrogen-bond donors (Lipinski definition) is 3. The first-order chi connectivity index (χ1) is 12.5. The number of rotatable bonds is 5. The van der Waals surface area contributed by atoms with Gasteiger partial charge in [-0.25, -0.2) is 0 Å². The largest absolute Gasteiger partial charge is 0.479 e. The van der Waals surface area contributed by atoms with Gasteiger partial charge in [-0.1, -0.05) is 18.2 Å². The second kappa shape index (κ2) is 7.69. The van der Waals surface area contributed by atoms with Gasteiger partial charge in [0.05, 0.1) is 5.69 Å². The van der Waals surface area contributed by atoms with Crippen LogP contribution in [0.2, 0.25) is 0 Å². The molecule has 3 rings (SSSR count). The third kappa shape index (κ3) is 4.18. The van der Waals surface area contributed by atoms with E-state index in [-0.39, 0.29) is 30.7 Å². The van der Waals surface area contributed by atoms with E-state index in [2.05, 4.69) is 16.0 Å². The predicted octanol–water partition coefficient (Wildman–Crippen LogP) is 2.16. The Balaban J connectivity index is 1.50. The van der Waals surface area contributed by atoms with Gasteiger partial charge < -0.3 is 20.7 Å². The van der Waals surface area contributed by atoms with Crippen molar-refractivity contribution in [2.24, 2.45) is 0 Å². The average Bonchev–Trinajstić information content (AvgIpc) is 2.63. The lowest BCUT2D eigenvalue weighted by atomic mass is 10.2. The summed E-state index contributed by atoms with van der Waals surface area (Å²) in [5.41, 5.74) is 1.61. The summed E-state index contributed by atoms with van der Waals surface area (Å²) < 4.78 is 5.47. The average molecular weight is 353 g/mol. The Bertz CT molecular complexity index is 836. The Hall–Kier alpha value is -3.35. The van der Waals surface area contributed by atoms with Gasteiger partial charge in [0.15, 0.2) is 6.10 Å². The summed E-state index contributed by atoms with van der Waals surface area (Å²) in [6.45, 7) is 1.89. The Kier molecular flexibility index (Phi) is 5.17. The number of fused-ring (bicyclic) bond motifs is 1. The molecule has 0 radical (unpaired) electrons. The quantitative estimate of drug-likeness (QED) is 0.767. The fourth-order valence-electron chi connectivity index (χ4n) is 2.49. The van der Waals surface area contributed by atoms with E-state index in [0.717, 1.165) is 0 Å². The first-order valence-corrected chi connectivity index (χ1v) is 8.27. The molecule has 0 aliphatic carbocycles. The summed E-state index contributed by atoms with van der Waals surface area (Å²) >= 11 is 0. The van der Waals surface area contributed by atoms with E-state index in [4.69, 9.17) is 4.74 Å². The second-order valence-corrected chi connectivity index (χ2v) is 5.88. The Labute approximate surface area is 150 Å². The molecule has 3 N–H and O–H groups in total. The number of anilines is 2. The van der Waals surface area contributed by atoms with Gasteiger partial charge in [0.1, 0.15) is 5.75 Å². The standard InChI is InChI=1S/C19H19N3O4/c1-12-18(24)22-15-11-14(7-8-16(15)26-12)21-17(23)9-10-20-19(25)13-5-3-2-4-6-13/h2-8,11-12H,9-10H2,1H3,(H,20,25)(H,21,23)(H,22,24). The molecular formula is C19H19N3O4. The van der Waals surface area contributed by atoms with Crippen LogP contribution in [0.15, 0.2) is 48.5 Å². The minimum atomic E-state index is -0.545. The Morgan fingerprint density at radius 3 is 2.69 bits per heavy atom. The number of hydrogen-bond acceptors (Lipinski definition) is 4. The van der Waals surface area contributed by atoms with Gasteiger partial charge in [-0.05, 0) is 37.3 Å². The monoisotopic (exact) mass is 353 g/mol. The number of ether oxygens (including phenoxy) is 1. The highest BCUT2D eigenvalue weighted by atomic mass is 16.5. The number of nitrogens with one attached hydrogen (secondary N) is 3. The van der Waals surface area contributed by atoms with Crippen LogP contribution in [0.4, 0.5) is 11.4 Å². The van der Waals surface area contributed by atoms with Crippen LogP contribution in [0.1, 0.15) is 23.7 Å². The third-order valence-corrected chi connectivity index (χ3v) is 3.87. The SMILES string of the molecule is CC1Oc2ccc(NC(=O)CCNC(=O)c3ccccc3)cc2NC1=O. The summed E-state index contributed by atoms with van der Waals surface area (Å²) in [4.78, 5) is 35.6. The van der Waals surface area contributed by atoms with E-state index in [9.17, 15) is 14.4 Å². The lowest BCUT2D eigenvalue weighted by Gasteiger charge is -2.23. The lowest BCUT2D eigenvalue weighted by Crippen LogP contribution is -2.34. The van der Waals surface area contributed by atoms with Crippen molar-refractivity contribution in [2.75, 3.05) is 17.2 Å². The highest BCUT2D eigenvalue weighted by molar-refractivity contribution is 5.99. The second-order valence-electron chi connectivity index (χ2n) is 5.88. The zero-order chi connectivity index (χ0) is 18.5.